The molecule has 2 heterocycles. The van der Waals surface area contributed by atoms with E-state index in [4.69, 9.17) is 4.74 Å². The Balaban J connectivity index is 0.000000606. The van der Waals surface area contributed by atoms with Crippen LogP contribution in [0.1, 0.15) is 25.8 Å². The number of rotatable bonds is 2. The van der Waals surface area contributed by atoms with Gasteiger partial charge in [-0.3, -0.25) is 4.68 Å². The zero-order valence-corrected chi connectivity index (χ0v) is 10.1. The molecule has 16 heavy (non-hydrogen) atoms. The summed E-state index contributed by atoms with van der Waals surface area (Å²) in [5.41, 5.74) is 1.12. The number of ether oxygens (including phenoxy) is 1. The molecule has 1 N–H and O–H groups in total. The van der Waals surface area contributed by atoms with E-state index in [0.29, 0.717) is 13.1 Å². The Labute approximate surface area is 95.8 Å². The lowest BCUT2D eigenvalue weighted by Gasteiger charge is -2.22. The Morgan fingerprint density at radius 3 is 2.94 bits per heavy atom. The zero-order chi connectivity index (χ0) is 12.0. The van der Waals surface area contributed by atoms with Gasteiger partial charge in [0.15, 0.2) is 0 Å². The van der Waals surface area contributed by atoms with Gasteiger partial charge in [0.05, 0.1) is 12.7 Å². The van der Waals surface area contributed by atoms with Gasteiger partial charge in [0.1, 0.15) is 6.10 Å². The summed E-state index contributed by atoms with van der Waals surface area (Å²) in [6.45, 7) is 7.31. The first-order chi connectivity index (χ1) is 7.74. The van der Waals surface area contributed by atoms with Crippen molar-refractivity contribution in [1.29, 1.82) is 0 Å². The van der Waals surface area contributed by atoms with Gasteiger partial charge in [-0.25, -0.2) is 4.79 Å². The molecule has 1 aromatic rings. The van der Waals surface area contributed by atoms with E-state index in [-0.39, 0.29) is 12.2 Å². The second-order valence-corrected chi connectivity index (χ2v) is 3.48. The monoisotopic (exact) mass is 225 g/mol. The maximum Gasteiger partial charge on any atom is 0.407 e. The van der Waals surface area contributed by atoms with Crippen LogP contribution in [-0.2, 0) is 11.3 Å². The number of amides is 1. The van der Waals surface area contributed by atoms with Crippen molar-refractivity contribution in [3.8, 4) is 0 Å². The number of aryl methyl sites for hydroxylation is 1. The third-order valence-electron chi connectivity index (χ3n) is 2.16. The first-order valence-electron chi connectivity index (χ1n) is 5.67. The van der Waals surface area contributed by atoms with E-state index in [2.05, 4.69) is 10.4 Å². The molecule has 1 amide bonds. The minimum absolute atomic E-state index is 0.0527. The smallest absolute Gasteiger partial charge is 0.407 e. The van der Waals surface area contributed by atoms with Crippen molar-refractivity contribution in [2.45, 2.75) is 39.8 Å². The highest BCUT2D eigenvalue weighted by molar-refractivity contribution is 5.67. The fraction of sp³-hybridized carbons (Fsp3) is 0.636. The molecule has 0 aromatic carbocycles. The van der Waals surface area contributed by atoms with Crippen LogP contribution in [0.25, 0.3) is 0 Å². The molecule has 2 rings (SSSR count). The predicted molar refractivity (Wildman–Crippen MR) is 61.2 cm³/mol. The summed E-state index contributed by atoms with van der Waals surface area (Å²) in [6.07, 6.45) is 4.19. The standard InChI is InChI=1S/C9H13N3O2.C2H6/c1-7-4-11-12(5-7)6-8-2-3-10-9(13)14-8;1-2/h4-5,8H,2-3,6H2,1H3,(H,10,13);1-2H3. The Kier molecular flexibility index (Phi) is 4.82. The van der Waals surface area contributed by atoms with Crippen LogP contribution in [0.2, 0.25) is 0 Å². The van der Waals surface area contributed by atoms with Crippen LogP contribution >= 0.6 is 0 Å². The van der Waals surface area contributed by atoms with Gasteiger partial charge in [0, 0.05) is 19.2 Å². The van der Waals surface area contributed by atoms with Gasteiger partial charge < -0.3 is 10.1 Å². The van der Waals surface area contributed by atoms with Gasteiger partial charge in [-0.05, 0) is 12.5 Å². The molecule has 1 aliphatic heterocycles. The van der Waals surface area contributed by atoms with Gasteiger partial charge in [-0.15, -0.1) is 0 Å². The van der Waals surface area contributed by atoms with Crippen LogP contribution in [0.4, 0.5) is 4.79 Å². The molecule has 0 saturated carbocycles. The number of carbonyl (C=O) groups excluding carboxylic acids is 1. The Bertz CT molecular complexity index is 336. The molecule has 0 spiro atoms. The Morgan fingerprint density at radius 1 is 1.62 bits per heavy atom. The molecular formula is C11H19N3O2. The van der Waals surface area contributed by atoms with Gasteiger partial charge in [-0.1, -0.05) is 13.8 Å². The van der Waals surface area contributed by atoms with Crippen molar-refractivity contribution < 1.29 is 9.53 Å². The van der Waals surface area contributed by atoms with Crippen molar-refractivity contribution in [3.63, 3.8) is 0 Å². The van der Waals surface area contributed by atoms with Crippen molar-refractivity contribution in [2.75, 3.05) is 6.54 Å². The van der Waals surface area contributed by atoms with Gasteiger partial charge in [0.2, 0.25) is 0 Å². The molecule has 0 radical (unpaired) electrons. The third-order valence-corrected chi connectivity index (χ3v) is 2.16. The Hall–Kier alpha value is -1.52. The maximum absolute atomic E-state index is 10.9. The van der Waals surface area contributed by atoms with E-state index in [0.717, 1.165) is 12.0 Å². The highest BCUT2D eigenvalue weighted by atomic mass is 16.6. The lowest BCUT2D eigenvalue weighted by atomic mass is 10.2. The number of aromatic nitrogens is 2. The van der Waals surface area contributed by atoms with Crippen molar-refractivity contribution in [3.05, 3.63) is 18.0 Å². The van der Waals surface area contributed by atoms with Crippen LogP contribution in [0.5, 0.6) is 0 Å². The number of alkyl carbamates (subject to hydrolysis) is 1. The highest BCUT2D eigenvalue weighted by Crippen LogP contribution is 2.07. The number of cyclic esters (lactones) is 1. The molecule has 1 unspecified atom stereocenters. The summed E-state index contributed by atoms with van der Waals surface area (Å²) in [4.78, 5) is 10.9. The molecule has 5 heteroatoms. The normalized spacial score (nSPS) is 19.2. The van der Waals surface area contributed by atoms with Crippen molar-refractivity contribution in [1.82, 2.24) is 15.1 Å². The van der Waals surface area contributed by atoms with E-state index >= 15 is 0 Å². The highest BCUT2D eigenvalue weighted by Gasteiger charge is 2.20. The van der Waals surface area contributed by atoms with Gasteiger partial charge in [-0.2, -0.15) is 5.10 Å². The Morgan fingerprint density at radius 2 is 2.38 bits per heavy atom. The van der Waals surface area contributed by atoms with E-state index in [1.807, 2.05) is 27.0 Å². The van der Waals surface area contributed by atoms with E-state index in [9.17, 15) is 4.79 Å². The number of nitrogens with one attached hydrogen (secondary N) is 1. The van der Waals surface area contributed by atoms with Crippen molar-refractivity contribution >= 4 is 6.09 Å². The fourth-order valence-corrected chi connectivity index (χ4v) is 1.49. The summed E-state index contributed by atoms with van der Waals surface area (Å²) in [5.74, 6) is 0. The van der Waals surface area contributed by atoms with Crippen LogP contribution in [0, 0.1) is 6.92 Å². The first kappa shape index (κ1) is 12.5. The number of hydrogen-bond donors (Lipinski definition) is 1. The molecule has 1 aromatic heterocycles. The predicted octanol–water partition coefficient (Wildman–Crippen LogP) is 1.72. The second kappa shape index (κ2) is 6.15. The number of hydrogen-bond acceptors (Lipinski definition) is 3. The molecule has 5 nitrogen and oxygen atoms in total. The summed E-state index contributed by atoms with van der Waals surface area (Å²) >= 11 is 0. The molecule has 1 aliphatic rings. The molecule has 1 atom stereocenters. The molecule has 90 valence electrons. The van der Waals surface area contributed by atoms with Gasteiger partial charge >= 0.3 is 6.09 Å². The zero-order valence-electron chi connectivity index (χ0n) is 10.1. The SMILES string of the molecule is CC.Cc1cnn(CC2CCNC(=O)O2)c1. The molecule has 1 saturated heterocycles. The summed E-state index contributed by atoms with van der Waals surface area (Å²) in [6, 6.07) is 0. The largest absolute Gasteiger partial charge is 0.444 e. The summed E-state index contributed by atoms with van der Waals surface area (Å²) in [5, 5.41) is 6.75. The minimum atomic E-state index is -0.329. The van der Waals surface area contributed by atoms with Crippen LogP contribution in [-0.4, -0.2) is 28.5 Å². The van der Waals surface area contributed by atoms with E-state index in [1.54, 1.807) is 10.9 Å². The quantitative estimate of drug-likeness (QED) is 0.833. The fourth-order valence-electron chi connectivity index (χ4n) is 1.49. The average molecular weight is 225 g/mol. The number of nitrogens with zero attached hydrogens (tertiary/aromatic N) is 2. The molecule has 0 aliphatic carbocycles. The lowest BCUT2D eigenvalue weighted by molar-refractivity contribution is 0.0623. The van der Waals surface area contributed by atoms with Gasteiger partial charge in [0.25, 0.3) is 0 Å². The average Bonchev–Trinajstić information content (AvgIpc) is 2.67. The summed E-state index contributed by atoms with van der Waals surface area (Å²) in [7, 11) is 0. The lowest BCUT2D eigenvalue weighted by Crippen LogP contribution is -2.39. The topological polar surface area (TPSA) is 56.2 Å². The van der Waals surface area contributed by atoms with Crippen LogP contribution in [0.3, 0.4) is 0 Å². The minimum Gasteiger partial charge on any atom is -0.444 e. The van der Waals surface area contributed by atoms with E-state index < -0.39 is 0 Å². The molecule has 1 fully saturated rings. The second-order valence-electron chi connectivity index (χ2n) is 3.48. The number of carbonyl (C=O) groups is 1. The molecular weight excluding hydrogens is 206 g/mol. The van der Waals surface area contributed by atoms with Crippen LogP contribution in [0.15, 0.2) is 12.4 Å². The van der Waals surface area contributed by atoms with E-state index in [1.165, 1.54) is 0 Å². The maximum atomic E-state index is 10.9. The van der Waals surface area contributed by atoms with Crippen LogP contribution < -0.4 is 5.32 Å². The third kappa shape index (κ3) is 3.56. The van der Waals surface area contributed by atoms with Crippen molar-refractivity contribution in [2.24, 2.45) is 0 Å². The summed E-state index contributed by atoms with van der Waals surface area (Å²) < 4.78 is 6.89. The molecule has 0 bridgehead atoms. The first-order valence-corrected chi connectivity index (χ1v) is 5.67.